The summed E-state index contributed by atoms with van der Waals surface area (Å²) < 4.78 is 7.29. The van der Waals surface area contributed by atoms with Crippen molar-refractivity contribution in [2.24, 2.45) is 0 Å². The van der Waals surface area contributed by atoms with Gasteiger partial charge in [0.2, 0.25) is 5.91 Å². The number of hydrogen-bond donors (Lipinski definition) is 0. The molecule has 7 nitrogen and oxygen atoms in total. The van der Waals surface area contributed by atoms with Crippen molar-refractivity contribution in [1.29, 1.82) is 0 Å². The first kappa shape index (κ1) is 20.2. The first-order valence-electron chi connectivity index (χ1n) is 9.63. The number of benzene rings is 2. The number of thioether (sulfide) groups is 1. The van der Waals surface area contributed by atoms with Gasteiger partial charge in [-0.25, -0.2) is 9.88 Å². The summed E-state index contributed by atoms with van der Waals surface area (Å²) in [5.74, 6) is 0.278. The van der Waals surface area contributed by atoms with Crippen LogP contribution >= 0.6 is 11.8 Å². The molecule has 0 spiro atoms. The average Bonchev–Trinajstić information content (AvgIpc) is 2.73. The third-order valence-corrected chi connectivity index (χ3v) is 5.57. The van der Waals surface area contributed by atoms with E-state index in [9.17, 15) is 9.90 Å². The van der Waals surface area contributed by atoms with Gasteiger partial charge < -0.3 is 9.84 Å². The Kier molecular flexibility index (Phi) is 5.34. The summed E-state index contributed by atoms with van der Waals surface area (Å²) in [7, 11) is 0. The molecule has 30 heavy (non-hydrogen) atoms. The van der Waals surface area contributed by atoms with E-state index in [-0.39, 0.29) is 11.8 Å². The summed E-state index contributed by atoms with van der Waals surface area (Å²) >= 11 is 1.29. The lowest BCUT2D eigenvalue weighted by molar-refractivity contribution is -0.764. The summed E-state index contributed by atoms with van der Waals surface area (Å²) in [6.45, 7) is 5.98. The second kappa shape index (κ2) is 7.95. The van der Waals surface area contributed by atoms with Crippen LogP contribution in [-0.2, 0) is 4.79 Å². The minimum absolute atomic E-state index is 0.145. The maximum Gasteiger partial charge on any atom is 0.293 e. The first-order valence-corrected chi connectivity index (χ1v) is 10.9. The van der Waals surface area contributed by atoms with Crippen LogP contribution in [-0.4, -0.2) is 28.9 Å². The molecule has 0 fully saturated rings. The summed E-state index contributed by atoms with van der Waals surface area (Å²) in [4.78, 5) is 18.6. The summed E-state index contributed by atoms with van der Waals surface area (Å²) in [5, 5.41) is 17.9. The van der Waals surface area contributed by atoms with Gasteiger partial charge >= 0.3 is 0 Å². The van der Waals surface area contributed by atoms with Crippen molar-refractivity contribution in [3.8, 4) is 22.9 Å². The lowest BCUT2D eigenvalue weighted by Gasteiger charge is -2.33. The van der Waals surface area contributed by atoms with E-state index in [1.54, 1.807) is 9.58 Å². The Morgan fingerprint density at radius 2 is 2.07 bits per heavy atom. The van der Waals surface area contributed by atoms with Gasteiger partial charge in [0.1, 0.15) is 5.75 Å². The van der Waals surface area contributed by atoms with Crippen molar-refractivity contribution >= 4 is 23.4 Å². The lowest BCUT2D eigenvalue weighted by Crippen LogP contribution is -2.58. The molecule has 1 unspecified atom stereocenters. The number of amides is 1. The maximum absolute atomic E-state index is 13.0. The number of carbonyl (C=O) groups excluding carboxylic acids is 1. The van der Waals surface area contributed by atoms with E-state index in [1.807, 2.05) is 62.6 Å². The highest BCUT2D eigenvalue weighted by Gasteiger charge is 2.43. The Morgan fingerprint density at radius 1 is 1.30 bits per heavy atom. The van der Waals surface area contributed by atoms with Crippen molar-refractivity contribution < 1.29 is 19.3 Å². The summed E-state index contributed by atoms with van der Waals surface area (Å²) in [5.41, 5.74) is 3.46. The fourth-order valence-electron chi connectivity index (χ4n) is 3.81. The molecule has 2 aromatic carbocycles. The van der Waals surface area contributed by atoms with Gasteiger partial charge in [0.25, 0.3) is 17.0 Å². The zero-order valence-electron chi connectivity index (χ0n) is 17.2. The monoisotopic (exact) mass is 422 g/mol. The van der Waals surface area contributed by atoms with Gasteiger partial charge in [0.15, 0.2) is 0 Å². The third kappa shape index (κ3) is 3.27. The Morgan fingerprint density at radius 3 is 2.73 bits per heavy atom. The third-order valence-electron chi connectivity index (χ3n) is 5.04. The van der Waals surface area contributed by atoms with Crippen LogP contribution in [0.15, 0.2) is 47.6 Å². The van der Waals surface area contributed by atoms with Crippen LogP contribution in [0.1, 0.15) is 31.1 Å². The molecule has 154 valence electrons. The predicted octanol–water partition coefficient (Wildman–Crippen LogP) is 2.85. The van der Waals surface area contributed by atoms with E-state index in [2.05, 4.69) is 10.1 Å². The fraction of sp³-hybridized carbons (Fsp3) is 0.273. The van der Waals surface area contributed by atoms with Crippen LogP contribution in [0.2, 0.25) is 0 Å². The molecular formula is C22H22N4O3S. The van der Waals surface area contributed by atoms with E-state index in [0.717, 1.165) is 16.9 Å². The van der Waals surface area contributed by atoms with Crippen molar-refractivity contribution in [3.05, 3.63) is 53.6 Å². The van der Waals surface area contributed by atoms with Gasteiger partial charge in [-0.2, -0.15) is 0 Å². The number of ether oxygens (including phenoxy) is 1. The highest BCUT2D eigenvalue weighted by atomic mass is 32.2. The van der Waals surface area contributed by atoms with Gasteiger partial charge in [-0.15, -0.1) is 0 Å². The van der Waals surface area contributed by atoms with Gasteiger partial charge in [-0.3, -0.25) is 4.79 Å². The number of aromatic nitrogens is 3. The Labute approximate surface area is 179 Å². The number of aryl methyl sites for hydroxylation is 1. The Balaban J connectivity index is 2.01. The fourth-order valence-corrected chi connectivity index (χ4v) is 4.16. The van der Waals surface area contributed by atoms with Crippen molar-refractivity contribution in [3.63, 3.8) is 0 Å². The van der Waals surface area contributed by atoms with Crippen LogP contribution < -0.4 is 19.4 Å². The van der Waals surface area contributed by atoms with Gasteiger partial charge in [0.05, 0.1) is 23.7 Å². The van der Waals surface area contributed by atoms with Crippen LogP contribution in [0.5, 0.6) is 11.6 Å². The predicted molar refractivity (Wildman–Crippen MR) is 113 cm³/mol. The lowest BCUT2D eigenvalue weighted by atomic mass is 10.00. The van der Waals surface area contributed by atoms with E-state index >= 15 is 0 Å². The molecule has 0 saturated heterocycles. The molecule has 2 heterocycles. The molecule has 4 rings (SSSR count). The van der Waals surface area contributed by atoms with Crippen LogP contribution in [0.25, 0.3) is 11.3 Å². The molecule has 3 aromatic rings. The molecule has 1 atom stereocenters. The zero-order valence-corrected chi connectivity index (χ0v) is 18.1. The number of para-hydroxylation sites is 1. The van der Waals surface area contributed by atoms with Gasteiger partial charge in [0, 0.05) is 17.6 Å². The molecule has 1 aliphatic rings. The Hall–Kier alpha value is -3.13. The molecular weight excluding hydrogens is 400 g/mol. The molecule has 0 saturated carbocycles. The SMILES string of the molecule is CCOc1ccc(C2N(C(C)=O)c3ccccc3-c3c([O-])nc(SC)n[n+]32)cc1C. The molecule has 0 N–H and O–H groups in total. The number of rotatable bonds is 4. The average molecular weight is 423 g/mol. The minimum Gasteiger partial charge on any atom is -0.854 e. The molecule has 1 aromatic heterocycles. The summed E-state index contributed by atoms with van der Waals surface area (Å²) in [6.07, 6.45) is 1.21. The van der Waals surface area contributed by atoms with Crippen molar-refractivity contribution in [2.75, 3.05) is 17.8 Å². The molecule has 1 aliphatic heterocycles. The number of anilines is 1. The van der Waals surface area contributed by atoms with Crippen LogP contribution in [0.4, 0.5) is 5.69 Å². The quantitative estimate of drug-likeness (QED) is 0.475. The number of carbonyl (C=O) groups is 1. The van der Waals surface area contributed by atoms with Crippen molar-refractivity contribution in [1.82, 2.24) is 10.1 Å². The second-order valence-electron chi connectivity index (χ2n) is 6.93. The minimum atomic E-state index is -0.608. The maximum atomic E-state index is 13.0. The highest BCUT2D eigenvalue weighted by Crippen LogP contribution is 2.41. The molecule has 0 aliphatic carbocycles. The molecule has 0 radical (unpaired) electrons. The van der Waals surface area contributed by atoms with E-state index in [4.69, 9.17) is 4.74 Å². The number of hydrogen-bond acceptors (Lipinski definition) is 6. The van der Waals surface area contributed by atoms with Gasteiger partial charge in [-0.05, 0) is 56.0 Å². The van der Waals surface area contributed by atoms with Gasteiger partial charge in [-0.1, -0.05) is 28.6 Å². The number of fused-ring (bicyclic) bond motifs is 3. The van der Waals surface area contributed by atoms with Crippen molar-refractivity contribution in [2.45, 2.75) is 32.1 Å². The standard InChI is InChI=1S/C22H22N4O3S/c1-5-29-18-11-10-15(12-13(18)2)21-25(14(3)27)17-9-7-6-8-16(17)19-20(28)23-22(30-4)24-26(19)21/h6-12,21H,5H2,1-4H3. The van der Waals surface area contributed by atoms with Crippen LogP contribution in [0, 0.1) is 6.92 Å². The number of nitrogens with zero attached hydrogens (tertiary/aromatic N) is 4. The normalized spacial score (nSPS) is 14.8. The topological polar surface area (TPSA) is 82.3 Å². The van der Waals surface area contributed by atoms with E-state index < -0.39 is 6.17 Å². The summed E-state index contributed by atoms with van der Waals surface area (Å²) in [6, 6.07) is 13.1. The molecule has 0 bridgehead atoms. The van der Waals surface area contributed by atoms with Crippen LogP contribution in [0.3, 0.4) is 0 Å². The largest absolute Gasteiger partial charge is 0.854 e. The Bertz CT molecular complexity index is 1140. The van der Waals surface area contributed by atoms with E-state index in [1.165, 1.54) is 18.7 Å². The highest BCUT2D eigenvalue weighted by molar-refractivity contribution is 7.98. The first-order chi connectivity index (χ1) is 14.5. The smallest absolute Gasteiger partial charge is 0.293 e. The molecule has 1 amide bonds. The zero-order chi connectivity index (χ0) is 21.4. The second-order valence-corrected chi connectivity index (χ2v) is 7.71. The molecule has 8 heteroatoms. The van der Waals surface area contributed by atoms with E-state index in [0.29, 0.717) is 28.7 Å².